The molecule has 1 aromatic rings. The summed E-state index contributed by atoms with van der Waals surface area (Å²) in [6, 6.07) is 4.54. The molecule has 1 saturated heterocycles. The van der Waals surface area contributed by atoms with Gasteiger partial charge in [0, 0.05) is 29.5 Å². The Labute approximate surface area is 99.4 Å². The van der Waals surface area contributed by atoms with E-state index < -0.39 is 0 Å². The van der Waals surface area contributed by atoms with Gasteiger partial charge in [-0.2, -0.15) is 0 Å². The topological polar surface area (TPSA) is 35.2 Å². The average molecular weight is 241 g/mol. The van der Waals surface area contributed by atoms with Crippen molar-refractivity contribution in [2.45, 2.75) is 17.7 Å². The van der Waals surface area contributed by atoms with Crippen molar-refractivity contribution in [3.8, 4) is 0 Å². The van der Waals surface area contributed by atoms with Gasteiger partial charge in [0.15, 0.2) is 0 Å². The minimum absolute atomic E-state index is 0.219. The van der Waals surface area contributed by atoms with Crippen molar-refractivity contribution in [1.29, 1.82) is 0 Å². The van der Waals surface area contributed by atoms with Crippen molar-refractivity contribution in [3.05, 3.63) is 24.0 Å². The summed E-state index contributed by atoms with van der Waals surface area (Å²) < 4.78 is 18.3. The molecule has 0 atom stereocenters. The fourth-order valence-electron chi connectivity index (χ4n) is 1.75. The summed E-state index contributed by atoms with van der Waals surface area (Å²) in [6.07, 6.45) is 2.20. The number of rotatable bonds is 3. The Hall–Kier alpha value is -0.740. The van der Waals surface area contributed by atoms with Gasteiger partial charge in [0.25, 0.3) is 0 Å². The Balaban J connectivity index is 1.90. The van der Waals surface area contributed by atoms with Crippen LogP contribution in [0.25, 0.3) is 0 Å². The quantitative estimate of drug-likeness (QED) is 0.653. The summed E-state index contributed by atoms with van der Waals surface area (Å²) in [5.41, 5.74) is 6.46. The molecule has 2 nitrogen and oxygen atoms in total. The Bertz CT molecular complexity index is 353. The molecule has 1 fully saturated rings. The van der Waals surface area contributed by atoms with E-state index in [1.54, 1.807) is 17.8 Å². The van der Waals surface area contributed by atoms with E-state index in [1.807, 2.05) is 0 Å². The Morgan fingerprint density at radius 1 is 1.38 bits per heavy atom. The summed E-state index contributed by atoms with van der Waals surface area (Å²) in [4.78, 5) is 0.853. The molecule has 2 N–H and O–H groups in total. The van der Waals surface area contributed by atoms with Gasteiger partial charge in [-0.15, -0.1) is 11.8 Å². The van der Waals surface area contributed by atoms with Gasteiger partial charge in [-0.1, -0.05) is 0 Å². The smallest absolute Gasteiger partial charge is 0.124 e. The zero-order valence-corrected chi connectivity index (χ0v) is 9.93. The first-order valence-corrected chi connectivity index (χ1v) is 6.50. The molecule has 2 rings (SSSR count). The third-order valence-electron chi connectivity index (χ3n) is 2.79. The largest absolute Gasteiger partial charge is 0.398 e. The fourth-order valence-corrected chi connectivity index (χ4v) is 2.93. The average Bonchev–Trinajstić information content (AvgIpc) is 2.32. The van der Waals surface area contributed by atoms with Crippen LogP contribution in [-0.4, -0.2) is 19.0 Å². The van der Waals surface area contributed by atoms with Crippen molar-refractivity contribution in [1.82, 2.24) is 0 Å². The lowest BCUT2D eigenvalue weighted by atomic mass is 10.0. The van der Waals surface area contributed by atoms with Gasteiger partial charge in [-0.3, -0.25) is 0 Å². The predicted molar refractivity (Wildman–Crippen MR) is 65.1 cm³/mol. The number of thioether (sulfide) groups is 1. The number of benzene rings is 1. The highest BCUT2D eigenvalue weighted by Crippen LogP contribution is 2.30. The first-order chi connectivity index (χ1) is 7.75. The third kappa shape index (κ3) is 3.12. The van der Waals surface area contributed by atoms with Crippen LogP contribution in [0.4, 0.5) is 10.1 Å². The van der Waals surface area contributed by atoms with Crippen LogP contribution in [0, 0.1) is 11.7 Å². The summed E-state index contributed by atoms with van der Waals surface area (Å²) in [5.74, 6) is 1.45. The maximum absolute atomic E-state index is 13.0. The fraction of sp³-hybridized carbons (Fsp3) is 0.500. The zero-order chi connectivity index (χ0) is 11.4. The van der Waals surface area contributed by atoms with E-state index >= 15 is 0 Å². The number of nitrogen functional groups attached to an aromatic ring is 1. The van der Waals surface area contributed by atoms with Crippen LogP contribution in [0.3, 0.4) is 0 Å². The maximum Gasteiger partial charge on any atom is 0.124 e. The minimum Gasteiger partial charge on any atom is -0.398 e. The molecule has 0 spiro atoms. The molecule has 1 aromatic carbocycles. The van der Waals surface area contributed by atoms with Gasteiger partial charge >= 0.3 is 0 Å². The highest BCUT2D eigenvalue weighted by molar-refractivity contribution is 7.99. The molecule has 0 bridgehead atoms. The molecule has 88 valence electrons. The lowest BCUT2D eigenvalue weighted by Crippen LogP contribution is -2.17. The van der Waals surface area contributed by atoms with Gasteiger partial charge in [0.2, 0.25) is 0 Å². The van der Waals surface area contributed by atoms with Crippen LogP contribution in [0.2, 0.25) is 0 Å². The second kappa shape index (κ2) is 5.55. The van der Waals surface area contributed by atoms with Crippen molar-refractivity contribution < 1.29 is 9.13 Å². The molecule has 1 heterocycles. The van der Waals surface area contributed by atoms with Crippen molar-refractivity contribution in [3.63, 3.8) is 0 Å². The molecular weight excluding hydrogens is 225 g/mol. The Morgan fingerprint density at radius 3 is 2.88 bits per heavy atom. The summed E-state index contributed by atoms with van der Waals surface area (Å²) >= 11 is 1.65. The molecular formula is C12H16FNOS. The Kier molecular flexibility index (Phi) is 4.07. The summed E-state index contributed by atoms with van der Waals surface area (Å²) in [6.45, 7) is 1.70. The van der Waals surface area contributed by atoms with Crippen molar-refractivity contribution in [2.75, 3.05) is 24.7 Å². The molecule has 0 amide bonds. The van der Waals surface area contributed by atoms with Crippen LogP contribution >= 0.6 is 11.8 Å². The molecule has 1 aliphatic heterocycles. The first-order valence-electron chi connectivity index (χ1n) is 5.51. The molecule has 0 saturated carbocycles. The molecule has 16 heavy (non-hydrogen) atoms. The van der Waals surface area contributed by atoms with Crippen LogP contribution < -0.4 is 5.73 Å². The number of nitrogens with two attached hydrogens (primary N) is 1. The van der Waals surface area contributed by atoms with Crippen LogP contribution in [0.15, 0.2) is 23.1 Å². The first kappa shape index (κ1) is 11.7. The SMILES string of the molecule is Nc1ccc(F)cc1SCC1CCOCC1. The van der Waals surface area contributed by atoms with Gasteiger partial charge in [-0.25, -0.2) is 4.39 Å². The van der Waals surface area contributed by atoms with E-state index in [4.69, 9.17) is 10.5 Å². The van der Waals surface area contributed by atoms with E-state index in [0.29, 0.717) is 11.6 Å². The lowest BCUT2D eigenvalue weighted by Gasteiger charge is -2.21. The number of hydrogen-bond donors (Lipinski definition) is 1. The van der Waals surface area contributed by atoms with E-state index in [1.165, 1.54) is 12.1 Å². The molecule has 0 aliphatic carbocycles. The van der Waals surface area contributed by atoms with E-state index in [-0.39, 0.29) is 5.82 Å². The molecule has 0 aromatic heterocycles. The van der Waals surface area contributed by atoms with Crippen molar-refractivity contribution in [2.24, 2.45) is 5.92 Å². The summed E-state index contributed by atoms with van der Waals surface area (Å²) in [5, 5.41) is 0. The van der Waals surface area contributed by atoms with Gasteiger partial charge < -0.3 is 10.5 Å². The van der Waals surface area contributed by atoms with Crippen LogP contribution in [0.1, 0.15) is 12.8 Å². The highest BCUT2D eigenvalue weighted by Gasteiger charge is 2.14. The second-order valence-corrected chi connectivity index (χ2v) is 5.11. The lowest BCUT2D eigenvalue weighted by molar-refractivity contribution is 0.0728. The van der Waals surface area contributed by atoms with Gasteiger partial charge in [-0.05, 0) is 37.0 Å². The summed E-state index contributed by atoms with van der Waals surface area (Å²) in [7, 11) is 0. The maximum atomic E-state index is 13.0. The number of hydrogen-bond acceptors (Lipinski definition) is 3. The molecule has 0 unspecified atom stereocenters. The van der Waals surface area contributed by atoms with Gasteiger partial charge in [0.1, 0.15) is 5.82 Å². The third-order valence-corrected chi connectivity index (χ3v) is 4.09. The number of halogens is 1. The second-order valence-electron chi connectivity index (χ2n) is 4.05. The molecule has 4 heteroatoms. The standard InChI is InChI=1S/C12H16FNOS/c13-10-1-2-11(14)12(7-10)16-8-9-3-5-15-6-4-9/h1-2,7,9H,3-6,8,14H2. The Morgan fingerprint density at radius 2 is 2.12 bits per heavy atom. The zero-order valence-electron chi connectivity index (χ0n) is 9.12. The molecule has 1 aliphatic rings. The van der Waals surface area contributed by atoms with Crippen LogP contribution in [0.5, 0.6) is 0 Å². The normalized spacial score (nSPS) is 17.6. The molecule has 0 radical (unpaired) electrons. The monoisotopic (exact) mass is 241 g/mol. The highest BCUT2D eigenvalue weighted by atomic mass is 32.2. The number of ether oxygens (including phenoxy) is 1. The van der Waals surface area contributed by atoms with E-state index in [0.717, 1.165) is 36.7 Å². The minimum atomic E-state index is -0.219. The predicted octanol–water partition coefficient (Wildman–Crippen LogP) is 2.93. The van der Waals surface area contributed by atoms with Crippen molar-refractivity contribution >= 4 is 17.4 Å². The van der Waals surface area contributed by atoms with Gasteiger partial charge in [0.05, 0.1) is 0 Å². The van der Waals surface area contributed by atoms with E-state index in [9.17, 15) is 4.39 Å². The van der Waals surface area contributed by atoms with E-state index in [2.05, 4.69) is 0 Å². The number of anilines is 1. The van der Waals surface area contributed by atoms with Crippen LogP contribution in [-0.2, 0) is 4.74 Å².